The first kappa shape index (κ1) is 10.5. The van der Waals surface area contributed by atoms with E-state index in [1.807, 2.05) is 18.7 Å². The second kappa shape index (κ2) is 3.84. The minimum Gasteiger partial charge on any atom is -0.475 e. The van der Waals surface area contributed by atoms with Crippen LogP contribution in [0.1, 0.15) is 36.3 Å². The SMILES string of the molecule is CC1(c2nc(C(=O)O)no2)CCCSC1. The lowest BCUT2D eigenvalue weighted by atomic mass is 9.87. The molecule has 1 atom stereocenters. The van der Waals surface area contributed by atoms with Gasteiger partial charge < -0.3 is 9.63 Å². The normalized spacial score (nSPS) is 26.5. The van der Waals surface area contributed by atoms with Gasteiger partial charge in [-0.2, -0.15) is 16.7 Å². The maximum Gasteiger partial charge on any atom is 0.377 e. The van der Waals surface area contributed by atoms with Gasteiger partial charge >= 0.3 is 5.97 Å². The Hall–Kier alpha value is -1.04. The van der Waals surface area contributed by atoms with Gasteiger partial charge in [-0.1, -0.05) is 0 Å². The van der Waals surface area contributed by atoms with Crippen molar-refractivity contribution in [1.29, 1.82) is 0 Å². The van der Waals surface area contributed by atoms with Crippen molar-refractivity contribution in [3.8, 4) is 0 Å². The summed E-state index contributed by atoms with van der Waals surface area (Å²) in [6.45, 7) is 2.04. The number of carbonyl (C=O) groups is 1. The van der Waals surface area contributed by atoms with Gasteiger partial charge in [-0.05, 0) is 30.7 Å². The fraction of sp³-hybridized carbons (Fsp3) is 0.667. The predicted molar refractivity (Wildman–Crippen MR) is 55.2 cm³/mol. The van der Waals surface area contributed by atoms with Crippen LogP contribution in [0.2, 0.25) is 0 Å². The largest absolute Gasteiger partial charge is 0.475 e. The summed E-state index contributed by atoms with van der Waals surface area (Å²) in [4.78, 5) is 14.5. The van der Waals surface area contributed by atoms with Gasteiger partial charge in [-0.15, -0.1) is 0 Å². The first-order valence-electron chi connectivity index (χ1n) is 4.77. The summed E-state index contributed by atoms with van der Waals surface area (Å²) < 4.78 is 5.01. The Morgan fingerprint density at radius 2 is 2.47 bits per heavy atom. The van der Waals surface area contributed by atoms with Crippen LogP contribution in [0, 0.1) is 0 Å². The summed E-state index contributed by atoms with van der Waals surface area (Å²) in [6.07, 6.45) is 2.08. The highest BCUT2D eigenvalue weighted by Crippen LogP contribution is 2.36. The molecule has 1 fully saturated rings. The molecule has 0 saturated carbocycles. The van der Waals surface area contributed by atoms with Crippen LogP contribution in [0.15, 0.2) is 4.52 Å². The number of thioether (sulfide) groups is 1. The smallest absolute Gasteiger partial charge is 0.377 e. The third-order valence-corrected chi connectivity index (χ3v) is 3.99. The monoisotopic (exact) mass is 228 g/mol. The van der Waals surface area contributed by atoms with E-state index in [2.05, 4.69) is 10.1 Å². The van der Waals surface area contributed by atoms with E-state index < -0.39 is 5.97 Å². The zero-order valence-corrected chi connectivity index (χ0v) is 9.21. The molecular weight excluding hydrogens is 216 g/mol. The highest BCUT2D eigenvalue weighted by Gasteiger charge is 2.35. The summed E-state index contributed by atoms with van der Waals surface area (Å²) >= 11 is 1.84. The van der Waals surface area contributed by atoms with Crippen LogP contribution in [0.5, 0.6) is 0 Å². The summed E-state index contributed by atoms with van der Waals surface area (Å²) in [5.74, 6) is 1.12. The third-order valence-electron chi connectivity index (χ3n) is 2.57. The lowest BCUT2D eigenvalue weighted by Gasteiger charge is -2.28. The van der Waals surface area contributed by atoms with Gasteiger partial charge in [0.2, 0.25) is 5.89 Å². The molecular formula is C9H12N2O3S. The van der Waals surface area contributed by atoms with E-state index in [1.165, 1.54) is 0 Å². The number of aromatic carboxylic acids is 1. The molecule has 82 valence electrons. The van der Waals surface area contributed by atoms with Crippen molar-refractivity contribution < 1.29 is 14.4 Å². The first-order valence-corrected chi connectivity index (χ1v) is 5.92. The highest BCUT2D eigenvalue weighted by atomic mass is 32.2. The maximum atomic E-state index is 10.6. The topological polar surface area (TPSA) is 76.2 Å². The van der Waals surface area contributed by atoms with Crippen LogP contribution in [-0.4, -0.2) is 32.7 Å². The average Bonchev–Trinajstić information content (AvgIpc) is 2.68. The quantitative estimate of drug-likeness (QED) is 0.827. The second-order valence-electron chi connectivity index (χ2n) is 3.95. The number of carboxylic acids is 1. The molecule has 1 aromatic rings. The van der Waals surface area contributed by atoms with Crippen LogP contribution in [0.3, 0.4) is 0 Å². The summed E-state index contributed by atoms with van der Waals surface area (Å²) in [6, 6.07) is 0. The molecule has 0 aliphatic carbocycles. The van der Waals surface area contributed by atoms with Crippen LogP contribution in [0.4, 0.5) is 0 Å². The Bertz CT molecular complexity index is 371. The summed E-state index contributed by atoms with van der Waals surface area (Å²) in [7, 11) is 0. The summed E-state index contributed by atoms with van der Waals surface area (Å²) in [5.41, 5.74) is -0.163. The van der Waals surface area contributed by atoms with Crippen molar-refractivity contribution in [2.75, 3.05) is 11.5 Å². The number of nitrogens with zero attached hydrogens (tertiary/aromatic N) is 2. The van der Waals surface area contributed by atoms with Crippen molar-refractivity contribution in [2.45, 2.75) is 25.2 Å². The molecule has 5 nitrogen and oxygen atoms in total. The van der Waals surface area contributed by atoms with E-state index in [1.54, 1.807) is 0 Å². The number of hydrogen-bond donors (Lipinski definition) is 1. The zero-order chi connectivity index (χ0) is 10.9. The lowest BCUT2D eigenvalue weighted by molar-refractivity contribution is 0.0680. The lowest BCUT2D eigenvalue weighted by Crippen LogP contribution is -2.29. The molecule has 1 N–H and O–H groups in total. The number of rotatable bonds is 2. The van der Waals surface area contributed by atoms with Crippen molar-refractivity contribution in [3.05, 3.63) is 11.7 Å². The molecule has 0 amide bonds. The maximum absolute atomic E-state index is 10.6. The van der Waals surface area contributed by atoms with Crippen LogP contribution < -0.4 is 0 Å². The molecule has 1 aromatic heterocycles. The van der Waals surface area contributed by atoms with E-state index in [0.717, 1.165) is 24.3 Å². The summed E-state index contributed by atoms with van der Waals surface area (Å²) in [5, 5.41) is 12.1. The molecule has 1 aliphatic heterocycles. The average molecular weight is 228 g/mol. The molecule has 2 heterocycles. The Kier molecular flexibility index (Phi) is 2.68. The Labute approximate surface area is 91.2 Å². The molecule has 0 radical (unpaired) electrons. The molecule has 0 bridgehead atoms. The Balaban J connectivity index is 2.23. The van der Waals surface area contributed by atoms with Crippen molar-refractivity contribution >= 4 is 17.7 Å². The Morgan fingerprint density at radius 3 is 3.00 bits per heavy atom. The van der Waals surface area contributed by atoms with E-state index in [9.17, 15) is 4.79 Å². The predicted octanol–water partition coefficient (Wildman–Crippen LogP) is 1.55. The van der Waals surface area contributed by atoms with Crippen LogP contribution in [-0.2, 0) is 5.41 Å². The fourth-order valence-corrected chi connectivity index (χ4v) is 2.87. The molecule has 2 rings (SSSR count). The van der Waals surface area contributed by atoms with E-state index >= 15 is 0 Å². The molecule has 15 heavy (non-hydrogen) atoms. The molecule has 0 aromatic carbocycles. The van der Waals surface area contributed by atoms with Gasteiger partial charge in [0.15, 0.2) is 0 Å². The van der Waals surface area contributed by atoms with Gasteiger partial charge in [0.05, 0.1) is 5.41 Å². The van der Waals surface area contributed by atoms with Gasteiger partial charge in [0.25, 0.3) is 5.82 Å². The van der Waals surface area contributed by atoms with E-state index in [4.69, 9.17) is 9.63 Å². The number of carboxylic acid groups (broad SMARTS) is 1. The van der Waals surface area contributed by atoms with Gasteiger partial charge in [-0.25, -0.2) is 4.79 Å². The van der Waals surface area contributed by atoms with Crippen molar-refractivity contribution in [3.63, 3.8) is 0 Å². The Morgan fingerprint density at radius 1 is 1.67 bits per heavy atom. The third kappa shape index (κ3) is 1.99. The fourth-order valence-electron chi connectivity index (χ4n) is 1.66. The van der Waals surface area contributed by atoms with E-state index in [0.29, 0.717) is 5.89 Å². The minimum atomic E-state index is -1.14. The van der Waals surface area contributed by atoms with Crippen LogP contribution >= 0.6 is 11.8 Å². The van der Waals surface area contributed by atoms with Crippen molar-refractivity contribution in [2.24, 2.45) is 0 Å². The first-order chi connectivity index (χ1) is 7.12. The van der Waals surface area contributed by atoms with Gasteiger partial charge in [0, 0.05) is 5.75 Å². The van der Waals surface area contributed by atoms with Crippen molar-refractivity contribution in [1.82, 2.24) is 10.1 Å². The highest BCUT2D eigenvalue weighted by molar-refractivity contribution is 7.99. The molecule has 6 heteroatoms. The molecule has 1 unspecified atom stereocenters. The van der Waals surface area contributed by atoms with E-state index in [-0.39, 0.29) is 11.2 Å². The van der Waals surface area contributed by atoms with Gasteiger partial charge in [-0.3, -0.25) is 0 Å². The van der Waals surface area contributed by atoms with Crippen LogP contribution in [0.25, 0.3) is 0 Å². The molecule has 0 spiro atoms. The molecule has 1 aliphatic rings. The minimum absolute atomic E-state index is 0.163. The molecule has 1 saturated heterocycles. The zero-order valence-electron chi connectivity index (χ0n) is 8.39. The second-order valence-corrected chi connectivity index (χ2v) is 5.05. The number of aromatic nitrogens is 2. The van der Waals surface area contributed by atoms with Gasteiger partial charge in [0.1, 0.15) is 0 Å². The number of hydrogen-bond acceptors (Lipinski definition) is 5. The standard InChI is InChI=1S/C9H12N2O3S/c1-9(3-2-4-15-5-9)8-10-6(7(12)13)11-14-8/h2-5H2,1H3,(H,12,13).